The van der Waals surface area contributed by atoms with Gasteiger partial charge in [0.1, 0.15) is 22.8 Å². The number of ether oxygens (including phenoxy) is 1. The monoisotopic (exact) mass is 881 g/mol. The highest BCUT2D eigenvalue weighted by molar-refractivity contribution is 6.75. The minimum Gasteiger partial charge on any atom is -0.543 e. The molecule has 12 heteroatoms. The summed E-state index contributed by atoms with van der Waals surface area (Å²) in [6, 6.07) is 6.74. The zero-order valence-corrected chi connectivity index (χ0v) is 45.3. The summed E-state index contributed by atoms with van der Waals surface area (Å²) in [5.74, 6) is 0.0421. The molecule has 1 N–H and O–H groups in total. The van der Waals surface area contributed by atoms with Crippen LogP contribution in [0.15, 0.2) is 24.8 Å². The SMILES string of the molecule is C=CC[C@@H](O[Si](CC)(CC)CC)C(C)(C)C(=O)C[C@H](O)[C@@H](C)[C@@H](Cc1cc(O[Si](C)(C)C(C)(C)C)cc(O[Si](C)(C)C(C)(C)C)c1C(=O)OC)O[Si](C)(C)C(C)(C)C. The van der Waals surface area contributed by atoms with Crippen LogP contribution in [-0.2, 0) is 24.8 Å². The van der Waals surface area contributed by atoms with E-state index in [1.165, 1.54) is 7.11 Å². The van der Waals surface area contributed by atoms with Gasteiger partial charge < -0.3 is 27.5 Å². The molecule has 0 saturated heterocycles. The molecule has 336 valence electrons. The fourth-order valence-corrected chi connectivity index (χ4v) is 12.7. The first-order chi connectivity index (χ1) is 26.0. The van der Waals surface area contributed by atoms with E-state index < -0.39 is 62.8 Å². The maximum Gasteiger partial charge on any atom is 0.341 e. The van der Waals surface area contributed by atoms with Crippen molar-refractivity contribution in [3.8, 4) is 11.5 Å². The summed E-state index contributed by atoms with van der Waals surface area (Å²) in [4.78, 5) is 28.3. The van der Waals surface area contributed by atoms with Crippen molar-refractivity contribution in [2.75, 3.05) is 7.11 Å². The van der Waals surface area contributed by atoms with Crippen LogP contribution in [0, 0.1) is 11.3 Å². The van der Waals surface area contributed by atoms with Crippen molar-refractivity contribution in [1.82, 2.24) is 0 Å². The van der Waals surface area contributed by atoms with Crippen molar-refractivity contribution in [3.63, 3.8) is 0 Å². The third kappa shape index (κ3) is 13.5. The molecular formula is C46H88O8Si4. The third-order valence-electron chi connectivity index (χ3n) is 14.4. The van der Waals surface area contributed by atoms with Crippen LogP contribution in [0.4, 0.5) is 0 Å². The molecule has 0 aromatic heterocycles. The van der Waals surface area contributed by atoms with E-state index in [4.69, 9.17) is 22.4 Å². The van der Waals surface area contributed by atoms with Crippen molar-refractivity contribution >= 4 is 45.0 Å². The van der Waals surface area contributed by atoms with E-state index in [2.05, 4.69) is 129 Å². The van der Waals surface area contributed by atoms with Gasteiger partial charge in [-0.25, -0.2) is 4.79 Å². The van der Waals surface area contributed by atoms with Crippen LogP contribution in [0.1, 0.15) is 133 Å². The van der Waals surface area contributed by atoms with Gasteiger partial charge in [0.2, 0.25) is 8.32 Å². The molecule has 0 heterocycles. The Labute approximate surface area is 360 Å². The average molecular weight is 882 g/mol. The number of rotatable bonds is 22. The lowest BCUT2D eigenvalue weighted by molar-refractivity contribution is -0.135. The molecule has 0 radical (unpaired) electrons. The van der Waals surface area contributed by atoms with Crippen molar-refractivity contribution in [1.29, 1.82) is 0 Å². The summed E-state index contributed by atoms with van der Waals surface area (Å²) in [6.45, 7) is 49.2. The molecule has 0 aliphatic rings. The Morgan fingerprint density at radius 2 is 1.22 bits per heavy atom. The first-order valence-corrected chi connectivity index (χ1v) is 33.1. The van der Waals surface area contributed by atoms with E-state index in [1.54, 1.807) is 0 Å². The predicted octanol–water partition coefficient (Wildman–Crippen LogP) is 13.1. The zero-order chi connectivity index (χ0) is 45.7. The predicted molar refractivity (Wildman–Crippen MR) is 255 cm³/mol. The highest BCUT2D eigenvalue weighted by Gasteiger charge is 2.46. The van der Waals surface area contributed by atoms with Crippen molar-refractivity contribution < 1.29 is 37.1 Å². The smallest absolute Gasteiger partial charge is 0.341 e. The molecule has 0 aliphatic heterocycles. The summed E-state index contributed by atoms with van der Waals surface area (Å²) >= 11 is 0. The van der Waals surface area contributed by atoms with Crippen LogP contribution in [0.2, 0.25) is 72.5 Å². The van der Waals surface area contributed by atoms with Gasteiger partial charge in [0.25, 0.3) is 8.32 Å². The van der Waals surface area contributed by atoms with E-state index >= 15 is 0 Å². The number of ketones is 1. The lowest BCUT2D eigenvalue weighted by Gasteiger charge is -2.43. The van der Waals surface area contributed by atoms with Crippen molar-refractivity contribution in [2.45, 2.75) is 214 Å². The van der Waals surface area contributed by atoms with E-state index in [9.17, 15) is 14.7 Å². The lowest BCUT2D eigenvalue weighted by Crippen LogP contribution is -2.50. The normalized spacial score (nSPS) is 16.0. The summed E-state index contributed by atoms with van der Waals surface area (Å²) in [5.41, 5.74) is 0.161. The molecule has 58 heavy (non-hydrogen) atoms. The summed E-state index contributed by atoms with van der Waals surface area (Å²) < 4.78 is 33.5. The lowest BCUT2D eigenvalue weighted by atomic mass is 9.77. The van der Waals surface area contributed by atoms with E-state index in [-0.39, 0.29) is 39.8 Å². The van der Waals surface area contributed by atoms with E-state index in [0.29, 0.717) is 29.0 Å². The number of aliphatic hydroxyl groups excluding tert-OH is 1. The molecule has 0 saturated carbocycles. The number of methoxy groups -OCH3 is 1. The number of benzene rings is 1. The molecule has 0 unspecified atom stereocenters. The van der Waals surface area contributed by atoms with Gasteiger partial charge in [-0.2, -0.15) is 0 Å². The highest BCUT2D eigenvalue weighted by atomic mass is 28.4. The summed E-state index contributed by atoms with van der Waals surface area (Å²) in [5, 5.41) is 11.8. The maximum atomic E-state index is 14.4. The summed E-state index contributed by atoms with van der Waals surface area (Å²) in [6.07, 6.45) is 0.699. The van der Waals surface area contributed by atoms with E-state index in [0.717, 1.165) is 18.1 Å². The molecule has 0 spiro atoms. The molecule has 1 rings (SSSR count). The Morgan fingerprint density at radius 3 is 1.64 bits per heavy atom. The van der Waals surface area contributed by atoms with Crippen LogP contribution in [0.5, 0.6) is 11.5 Å². The Balaban J connectivity index is 4.04. The van der Waals surface area contributed by atoms with Crippen LogP contribution in [0.3, 0.4) is 0 Å². The first-order valence-electron chi connectivity index (χ1n) is 21.8. The largest absolute Gasteiger partial charge is 0.543 e. The minimum absolute atomic E-state index is 0.0546. The standard InChI is InChI=1S/C46H88O8Si4/c1-24-28-40(54-58(25-2,26-3)27-4)46(15,16)39(48)32-36(47)33(5)37(52-56(20,21)44(9,10)11)30-34-29-35(51-55(18,19)43(6,7)8)31-38(41(34)42(49)50-17)53-57(22,23)45(12,13)14/h24,29,31,33,36-37,40,47H,1,25-28,30,32H2,2-23H3/t33-,36+,37-,40-/m1/s1. The second-order valence-electron chi connectivity index (χ2n) is 21.9. The highest BCUT2D eigenvalue weighted by Crippen LogP contribution is 2.45. The average Bonchev–Trinajstić information content (AvgIpc) is 3.07. The molecular weight excluding hydrogens is 793 g/mol. The Kier molecular flexibility index (Phi) is 18.9. The number of carbonyl (C=O) groups is 2. The molecule has 0 amide bonds. The van der Waals surface area contributed by atoms with Crippen LogP contribution < -0.4 is 8.85 Å². The molecule has 8 nitrogen and oxygen atoms in total. The number of hydrogen-bond acceptors (Lipinski definition) is 8. The van der Waals surface area contributed by atoms with E-state index in [1.807, 2.05) is 39.0 Å². The number of esters is 1. The molecule has 0 aliphatic carbocycles. The second kappa shape index (κ2) is 20.1. The number of Topliss-reactive ketones (excluding diaryl/α,β-unsaturated/α-hetero) is 1. The van der Waals surface area contributed by atoms with Gasteiger partial charge in [-0.1, -0.05) is 110 Å². The number of aliphatic hydroxyl groups is 1. The number of carbonyl (C=O) groups excluding carboxylic acids is 2. The van der Waals surface area contributed by atoms with Gasteiger partial charge in [0, 0.05) is 23.8 Å². The Morgan fingerprint density at radius 1 is 0.759 bits per heavy atom. The first kappa shape index (κ1) is 54.5. The zero-order valence-electron chi connectivity index (χ0n) is 41.3. The molecule has 4 atom stereocenters. The van der Waals surface area contributed by atoms with Crippen molar-refractivity contribution in [2.24, 2.45) is 11.3 Å². The Hall–Kier alpha value is -1.55. The van der Waals surface area contributed by atoms with Gasteiger partial charge >= 0.3 is 5.97 Å². The van der Waals surface area contributed by atoms with Gasteiger partial charge in [-0.05, 0) is 97.0 Å². The molecule has 1 aromatic carbocycles. The molecule has 0 bridgehead atoms. The fourth-order valence-electron chi connectivity index (χ4n) is 6.27. The van der Waals surface area contributed by atoms with Crippen LogP contribution in [-0.4, -0.2) is 75.6 Å². The topological polar surface area (TPSA) is 101 Å². The van der Waals surface area contributed by atoms with Gasteiger partial charge in [0.15, 0.2) is 16.6 Å². The van der Waals surface area contributed by atoms with Crippen molar-refractivity contribution in [3.05, 3.63) is 35.9 Å². The quantitative estimate of drug-likeness (QED) is 0.0698. The summed E-state index contributed by atoms with van der Waals surface area (Å²) in [7, 11) is -7.92. The third-order valence-corrected chi connectivity index (χ3v) is 32.2. The van der Waals surface area contributed by atoms with Gasteiger partial charge in [-0.15, -0.1) is 6.58 Å². The van der Waals surface area contributed by atoms with Gasteiger partial charge in [-0.3, -0.25) is 4.79 Å². The number of hydrogen-bond donors (Lipinski definition) is 1. The minimum atomic E-state index is -2.47. The van der Waals surface area contributed by atoms with Gasteiger partial charge in [0.05, 0.1) is 25.4 Å². The molecule has 0 fully saturated rings. The fraction of sp³-hybridized carbons (Fsp3) is 0.783. The Bertz CT molecular complexity index is 1520. The second-order valence-corrected chi connectivity index (χ2v) is 40.9. The maximum absolute atomic E-state index is 14.4. The van der Waals surface area contributed by atoms with Crippen LogP contribution >= 0.6 is 0 Å². The molecule has 1 aromatic rings. The van der Waals surface area contributed by atoms with Crippen LogP contribution in [0.25, 0.3) is 0 Å².